The lowest BCUT2D eigenvalue weighted by Crippen LogP contribution is -2.38. The van der Waals surface area contributed by atoms with Gasteiger partial charge >= 0.3 is 0 Å². The number of carbonyl (C=O) groups is 1. The Bertz CT molecular complexity index is 833. The lowest BCUT2D eigenvalue weighted by Gasteiger charge is -2.30. The first kappa shape index (κ1) is 17.1. The topological polar surface area (TPSA) is 45.7 Å². The van der Waals surface area contributed by atoms with Gasteiger partial charge in [-0.25, -0.2) is 0 Å². The van der Waals surface area contributed by atoms with Crippen LogP contribution in [-0.4, -0.2) is 66.1 Å². The van der Waals surface area contributed by atoms with E-state index in [1.165, 1.54) is 32.4 Å². The molecule has 2 aromatic rings. The summed E-state index contributed by atoms with van der Waals surface area (Å²) in [5.74, 6) is 1.12. The molecule has 0 spiro atoms. The van der Waals surface area contributed by atoms with Crippen LogP contribution in [0.25, 0.3) is 10.9 Å². The molecule has 5 rings (SSSR count). The van der Waals surface area contributed by atoms with Crippen molar-refractivity contribution in [1.82, 2.24) is 14.8 Å². The van der Waals surface area contributed by atoms with Crippen LogP contribution in [0.15, 0.2) is 36.5 Å². The smallest absolute Gasteiger partial charge is 0.255 e. The van der Waals surface area contributed by atoms with Crippen molar-refractivity contribution in [2.24, 2.45) is 11.8 Å². The second-order valence-corrected chi connectivity index (χ2v) is 8.28. The number of likely N-dealkylation sites (tertiary alicyclic amines) is 2. The van der Waals surface area contributed by atoms with E-state index < -0.39 is 0 Å². The summed E-state index contributed by atoms with van der Waals surface area (Å²) in [6, 6.07) is 9.90. The zero-order valence-corrected chi connectivity index (χ0v) is 15.7. The highest BCUT2D eigenvalue weighted by molar-refractivity contribution is 5.97. The first-order chi connectivity index (χ1) is 13.3. The number of hydrogen-bond acceptors (Lipinski definition) is 4. The van der Waals surface area contributed by atoms with Crippen LogP contribution in [0.1, 0.15) is 29.6 Å². The minimum atomic E-state index is 0.0861. The molecule has 1 aromatic heterocycles. The number of rotatable bonds is 3. The number of fused-ring (bicyclic) bond motifs is 2. The third-order valence-electron chi connectivity index (χ3n) is 6.50. The third kappa shape index (κ3) is 3.34. The van der Waals surface area contributed by atoms with Gasteiger partial charge in [0.25, 0.3) is 5.91 Å². The van der Waals surface area contributed by atoms with Gasteiger partial charge in [0.15, 0.2) is 0 Å². The molecule has 1 aromatic carbocycles. The predicted octanol–water partition coefficient (Wildman–Crippen LogP) is 2.81. The van der Waals surface area contributed by atoms with Gasteiger partial charge in [0.05, 0.1) is 23.8 Å². The lowest BCUT2D eigenvalue weighted by atomic mass is 9.92. The Kier molecular flexibility index (Phi) is 4.58. The molecule has 0 unspecified atom stereocenters. The van der Waals surface area contributed by atoms with Crippen LogP contribution < -0.4 is 0 Å². The van der Waals surface area contributed by atoms with Gasteiger partial charge < -0.3 is 14.5 Å². The molecule has 0 N–H and O–H groups in total. The standard InChI is InChI=1S/C22H27N3O2/c26-22(17-10-16-6-2-3-7-20(16)23-11-17)25-13-19-18(15-27-21(19)14-25)12-24-8-4-1-5-9-24/h2-3,6-7,10-11,18-19,21H,1,4-5,8-9,12-15H2/t18-,19+,21+/m0/s1. The molecule has 0 radical (unpaired) electrons. The number of piperidine rings is 1. The van der Waals surface area contributed by atoms with Crippen LogP contribution in [0, 0.1) is 11.8 Å². The average Bonchev–Trinajstić information content (AvgIpc) is 3.30. The molecular weight excluding hydrogens is 338 g/mol. The molecule has 0 saturated carbocycles. The fraction of sp³-hybridized carbons (Fsp3) is 0.545. The van der Waals surface area contributed by atoms with E-state index in [1.807, 2.05) is 35.2 Å². The molecule has 0 bridgehead atoms. The van der Waals surface area contributed by atoms with Gasteiger partial charge in [-0.15, -0.1) is 0 Å². The number of pyridine rings is 1. The Labute approximate surface area is 160 Å². The Morgan fingerprint density at radius 2 is 2.00 bits per heavy atom. The van der Waals surface area contributed by atoms with E-state index in [9.17, 15) is 4.79 Å². The number of para-hydroxylation sites is 1. The van der Waals surface area contributed by atoms with Gasteiger partial charge in [-0.2, -0.15) is 0 Å². The van der Waals surface area contributed by atoms with Crippen molar-refractivity contribution in [2.75, 3.05) is 39.3 Å². The van der Waals surface area contributed by atoms with E-state index >= 15 is 0 Å². The lowest BCUT2D eigenvalue weighted by molar-refractivity contribution is 0.0661. The van der Waals surface area contributed by atoms with Gasteiger partial charge in [-0.1, -0.05) is 24.6 Å². The number of ether oxygens (including phenoxy) is 1. The van der Waals surface area contributed by atoms with Gasteiger partial charge in [-0.05, 0) is 38.1 Å². The van der Waals surface area contributed by atoms with E-state index in [-0.39, 0.29) is 12.0 Å². The summed E-state index contributed by atoms with van der Waals surface area (Å²) in [6.07, 6.45) is 5.93. The number of amides is 1. The summed E-state index contributed by atoms with van der Waals surface area (Å²) in [4.78, 5) is 22.1. The summed E-state index contributed by atoms with van der Waals surface area (Å²) >= 11 is 0. The summed E-state index contributed by atoms with van der Waals surface area (Å²) in [6.45, 7) is 5.95. The molecule has 4 heterocycles. The minimum Gasteiger partial charge on any atom is -0.376 e. The second kappa shape index (κ2) is 7.21. The quantitative estimate of drug-likeness (QED) is 0.839. The number of nitrogens with zero attached hydrogens (tertiary/aromatic N) is 3. The van der Waals surface area contributed by atoms with Crippen LogP contribution >= 0.6 is 0 Å². The van der Waals surface area contributed by atoms with Gasteiger partial charge in [0.2, 0.25) is 0 Å². The zero-order valence-electron chi connectivity index (χ0n) is 15.7. The van der Waals surface area contributed by atoms with E-state index in [0.29, 0.717) is 23.9 Å². The molecule has 142 valence electrons. The van der Waals surface area contributed by atoms with Gasteiger partial charge in [-0.3, -0.25) is 9.78 Å². The average molecular weight is 365 g/mol. The number of carbonyl (C=O) groups excluding carboxylic acids is 1. The third-order valence-corrected chi connectivity index (χ3v) is 6.50. The molecule has 3 saturated heterocycles. The fourth-order valence-electron chi connectivity index (χ4n) is 5.00. The molecule has 3 fully saturated rings. The molecule has 0 aliphatic carbocycles. The van der Waals surface area contributed by atoms with Crippen molar-refractivity contribution in [3.63, 3.8) is 0 Å². The van der Waals surface area contributed by atoms with E-state index in [4.69, 9.17) is 4.74 Å². The monoisotopic (exact) mass is 365 g/mol. The summed E-state index contributed by atoms with van der Waals surface area (Å²) in [5, 5.41) is 1.02. The highest BCUT2D eigenvalue weighted by Gasteiger charge is 2.45. The molecule has 5 nitrogen and oxygen atoms in total. The van der Waals surface area contributed by atoms with Crippen molar-refractivity contribution in [3.8, 4) is 0 Å². The maximum atomic E-state index is 13.0. The number of aromatic nitrogens is 1. The van der Waals surface area contributed by atoms with Crippen molar-refractivity contribution in [3.05, 3.63) is 42.1 Å². The second-order valence-electron chi connectivity index (χ2n) is 8.28. The van der Waals surface area contributed by atoms with Crippen LogP contribution in [0.5, 0.6) is 0 Å². The normalized spacial score (nSPS) is 28.6. The number of hydrogen-bond donors (Lipinski definition) is 0. The van der Waals surface area contributed by atoms with Crippen LogP contribution in [0.4, 0.5) is 0 Å². The maximum Gasteiger partial charge on any atom is 0.255 e. The van der Waals surface area contributed by atoms with E-state index in [1.54, 1.807) is 6.20 Å². The first-order valence-corrected chi connectivity index (χ1v) is 10.3. The van der Waals surface area contributed by atoms with E-state index in [0.717, 1.165) is 30.6 Å². The Morgan fingerprint density at radius 3 is 2.89 bits per heavy atom. The molecule has 1 amide bonds. The molecule has 3 aliphatic rings. The molecule has 3 aliphatic heterocycles. The SMILES string of the molecule is O=C(c1cnc2ccccc2c1)N1C[C@@H]2[C@@H](CN3CCCCC3)CO[C@@H]2C1. The van der Waals surface area contributed by atoms with E-state index in [2.05, 4.69) is 9.88 Å². The van der Waals surface area contributed by atoms with Crippen LogP contribution in [0.2, 0.25) is 0 Å². The van der Waals surface area contributed by atoms with Crippen molar-refractivity contribution >= 4 is 16.8 Å². The number of benzene rings is 1. The zero-order chi connectivity index (χ0) is 18.2. The maximum absolute atomic E-state index is 13.0. The minimum absolute atomic E-state index is 0.0861. The molecule has 3 atom stereocenters. The summed E-state index contributed by atoms with van der Waals surface area (Å²) < 4.78 is 6.08. The van der Waals surface area contributed by atoms with Crippen LogP contribution in [0.3, 0.4) is 0 Å². The van der Waals surface area contributed by atoms with Crippen LogP contribution in [-0.2, 0) is 4.74 Å². The molecular formula is C22H27N3O2. The summed E-state index contributed by atoms with van der Waals surface area (Å²) in [5.41, 5.74) is 1.61. The van der Waals surface area contributed by atoms with Crippen molar-refractivity contribution in [1.29, 1.82) is 0 Å². The predicted molar refractivity (Wildman–Crippen MR) is 105 cm³/mol. The first-order valence-electron chi connectivity index (χ1n) is 10.3. The van der Waals surface area contributed by atoms with Crippen molar-refractivity contribution < 1.29 is 9.53 Å². The molecule has 5 heteroatoms. The fourth-order valence-corrected chi connectivity index (χ4v) is 5.00. The Morgan fingerprint density at radius 1 is 1.15 bits per heavy atom. The largest absolute Gasteiger partial charge is 0.376 e. The van der Waals surface area contributed by atoms with Gasteiger partial charge in [0.1, 0.15) is 0 Å². The van der Waals surface area contributed by atoms with Gasteiger partial charge in [0, 0.05) is 43.1 Å². The Balaban J connectivity index is 1.27. The molecule has 27 heavy (non-hydrogen) atoms. The Hall–Kier alpha value is -1.98. The highest BCUT2D eigenvalue weighted by atomic mass is 16.5. The summed E-state index contributed by atoms with van der Waals surface area (Å²) in [7, 11) is 0. The van der Waals surface area contributed by atoms with Crippen molar-refractivity contribution in [2.45, 2.75) is 25.4 Å². The highest BCUT2D eigenvalue weighted by Crippen LogP contribution is 2.35.